The molecule has 3 N–H and O–H groups in total. The fraction of sp³-hybridized carbons (Fsp3) is 0.417. The molecular formula is C12H19N3S. The lowest BCUT2D eigenvalue weighted by Gasteiger charge is -2.05. The largest absolute Gasteiger partial charge is 0.370 e. The Morgan fingerprint density at radius 1 is 1.38 bits per heavy atom. The average Bonchev–Trinajstić information content (AvgIpc) is 2.33. The van der Waals surface area contributed by atoms with Crippen LogP contribution in [0.4, 0.5) is 0 Å². The SMILES string of the molecule is CCCN=C(N)NCCSc1ccccc1. The van der Waals surface area contributed by atoms with Gasteiger partial charge in [-0.3, -0.25) is 4.99 Å². The molecular weight excluding hydrogens is 218 g/mol. The number of rotatable bonds is 6. The van der Waals surface area contributed by atoms with E-state index in [9.17, 15) is 0 Å². The van der Waals surface area contributed by atoms with E-state index in [0.29, 0.717) is 5.96 Å². The van der Waals surface area contributed by atoms with E-state index in [1.165, 1.54) is 4.90 Å². The van der Waals surface area contributed by atoms with Crippen LogP contribution in [0.3, 0.4) is 0 Å². The Balaban J connectivity index is 2.12. The highest BCUT2D eigenvalue weighted by Gasteiger charge is 1.93. The summed E-state index contributed by atoms with van der Waals surface area (Å²) in [6.07, 6.45) is 1.03. The number of hydrogen-bond acceptors (Lipinski definition) is 2. The summed E-state index contributed by atoms with van der Waals surface area (Å²) < 4.78 is 0. The minimum atomic E-state index is 0.551. The van der Waals surface area contributed by atoms with Gasteiger partial charge in [0.25, 0.3) is 0 Å². The monoisotopic (exact) mass is 237 g/mol. The first-order valence-corrected chi connectivity index (χ1v) is 6.53. The van der Waals surface area contributed by atoms with Crippen molar-refractivity contribution in [1.82, 2.24) is 5.32 Å². The molecule has 0 spiro atoms. The summed E-state index contributed by atoms with van der Waals surface area (Å²) >= 11 is 1.81. The molecule has 0 aliphatic rings. The van der Waals surface area contributed by atoms with E-state index in [1.807, 2.05) is 30.0 Å². The maximum atomic E-state index is 5.67. The zero-order valence-corrected chi connectivity index (χ0v) is 10.5. The van der Waals surface area contributed by atoms with E-state index >= 15 is 0 Å². The van der Waals surface area contributed by atoms with Crippen LogP contribution in [0.1, 0.15) is 13.3 Å². The van der Waals surface area contributed by atoms with E-state index in [1.54, 1.807) is 0 Å². The summed E-state index contributed by atoms with van der Waals surface area (Å²) in [4.78, 5) is 5.45. The molecule has 0 atom stereocenters. The molecule has 0 unspecified atom stereocenters. The van der Waals surface area contributed by atoms with Crippen molar-refractivity contribution in [3.63, 3.8) is 0 Å². The van der Waals surface area contributed by atoms with Crippen LogP contribution in [0.25, 0.3) is 0 Å². The van der Waals surface area contributed by atoms with Crippen LogP contribution in [-0.2, 0) is 0 Å². The van der Waals surface area contributed by atoms with E-state index in [2.05, 4.69) is 29.4 Å². The van der Waals surface area contributed by atoms with E-state index in [4.69, 9.17) is 5.73 Å². The second-order valence-electron chi connectivity index (χ2n) is 3.36. The number of nitrogens with two attached hydrogens (primary N) is 1. The first-order chi connectivity index (χ1) is 7.83. The zero-order chi connectivity index (χ0) is 11.6. The third-order valence-corrected chi connectivity index (χ3v) is 2.94. The van der Waals surface area contributed by atoms with Crippen LogP contribution < -0.4 is 11.1 Å². The first kappa shape index (κ1) is 12.9. The summed E-state index contributed by atoms with van der Waals surface area (Å²) in [7, 11) is 0. The maximum absolute atomic E-state index is 5.67. The van der Waals surface area contributed by atoms with Gasteiger partial charge in [0.2, 0.25) is 0 Å². The predicted octanol–water partition coefficient (Wildman–Crippen LogP) is 2.09. The van der Waals surface area contributed by atoms with Gasteiger partial charge in [-0.2, -0.15) is 0 Å². The second-order valence-corrected chi connectivity index (χ2v) is 4.52. The molecule has 4 heteroatoms. The zero-order valence-electron chi connectivity index (χ0n) is 9.65. The second kappa shape index (κ2) is 8.05. The number of thioether (sulfide) groups is 1. The van der Waals surface area contributed by atoms with Gasteiger partial charge in [-0.15, -0.1) is 11.8 Å². The third-order valence-electron chi connectivity index (χ3n) is 1.93. The smallest absolute Gasteiger partial charge is 0.188 e. The van der Waals surface area contributed by atoms with Gasteiger partial charge >= 0.3 is 0 Å². The molecule has 0 radical (unpaired) electrons. The molecule has 0 fully saturated rings. The third kappa shape index (κ3) is 5.66. The molecule has 0 aliphatic carbocycles. The van der Waals surface area contributed by atoms with Crippen molar-refractivity contribution >= 4 is 17.7 Å². The van der Waals surface area contributed by atoms with Crippen LogP contribution in [0, 0.1) is 0 Å². The van der Waals surface area contributed by atoms with Gasteiger partial charge in [0.05, 0.1) is 0 Å². The molecule has 0 amide bonds. The van der Waals surface area contributed by atoms with Gasteiger partial charge in [0.15, 0.2) is 5.96 Å². The van der Waals surface area contributed by atoms with Crippen molar-refractivity contribution in [2.45, 2.75) is 18.2 Å². The fourth-order valence-electron chi connectivity index (χ4n) is 1.15. The van der Waals surface area contributed by atoms with Gasteiger partial charge in [-0.05, 0) is 18.6 Å². The predicted molar refractivity (Wildman–Crippen MR) is 71.9 cm³/mol. The minimum Gasteiger partial charge on any atom is -0.370 e. The number of benzene rings is 1. The molecule has 0 bridgehead atoms. The molecule has 16 heavy (non-hydrogen) atoms. The summed E-state index contributed by atoms with van der Waals surface area (Å²) in [6, 6.07) is 10.3. The van der Waals surface area contributed by atoms with Crippen molar-refractivity contribution in [3.05, 3.63) is 30.3 Å². The van der Waals surface area contributed by atoms with Crippen molar-refractivity contribution in [2.24, 2.45) is 10.7 Å². The Bertz CT molecular complexity index is 311. The average molecular weight is 237 g/mol. The van der Waals surface area contributed by atoms with Crippen molar-refractivity contribution in [3.8, 4) is 0 Å². The van der Waals surface area contributed by atoms with Crippen LogP contribution in [-0.4, -0.2) is 24.8 Å². The summed E-state index contributed by atoms with van der Waals surface area (Å²) in [6.45, 7) is 3.73. The highest BCUT2D eigenvalue weighted by atomic mass is 32.2. The Morgan fingerprint density at radius 3 is 2.81 bits per heavy atom. The van der Waals surface area contributed by atoms with Gasteiger partial charge < -0.3 is 11.1 Å². The molecule has 3 nitrogen and oxygen atoms in total. The number of guanidine groups is 1. The van der Waals surface area contributed by atoms with Crippen LogP contribution in [0.15, 0.2) is 40.2 Å². The molecule has 0 saturated carbocycles. The van der Waals surface area contributed by atoms with Crippen molar-refractivity contribution < 1.29 is 0 Å². The summed E-state index contributed by atoms with van der Waals surface area (Å²) in [5.41, 5.74) is 5.67. The Morgan fingerprint density at radius 2 is 2.12 bits per heavy atom. The molecule has 0 aromatic heterocycles. The Kier molecular flexibility index (Phi) is 6.49. The molecule has 1 aromatic rings. The standard InChI is InChI=1S/C12H19N3S/c1-2-8-14-12(13)15-9-10-16-11-6-4-3-5-7-11/h3-7H,2,8-10H2,1H3,(H3,13,14,15). The van der Waals surface area contributed by atoms with Crippen LogP contribution in [0.2, 0.25) is 0 Å². The van der Waals surface area contributed by atoms with Gasteiger partial charge in [-0.1, -0.05) is 25.1 Å². The fourth-order valence-corrected chi connectivity index (χ4v) is 1.94. The number of aliphatic imine (C=N–C) groups is 1. The Labute approximate surface area is 102 Å². The highest BCUT2D eigenvalue weighted by molar-refractivity contribution is 7.99. The van der Waals surface area contributed by atoms with Crippen molar-refractivity contribution in [2.75, 3.05) is 18.8 Å². The van der Waals surface area contributed by atoms with Gasteiger partial charge in [-0.25, -0.2) is 0 Å². The molecule has 0 heterocycles. The normalized spacial score (nSPS) is 11.4. The van der Waals surface area contributed by atoms with Crippen LogP contribution >= 0.6 is 11.8 Å². The number of nitrogens with zero attached hydrogens (tertiary/aromatic N) is 1. The molecule has 0 saturated heterocycles. The van der Waals surface area contributed by atoms with E-state index < -0.39 is 0 Å². The summed E-state index contributed by atoms with van der Waals surface area (Å²) in [5.74, 6) is 1.54. The number of hydrogen-bond donors (Lipinski definition) is 2. The lowest BCUT2D eigenvalue weighted by Crippen LogP contribution is -2.33. The van der Waals surface area contributed by atoms with E-state index in [-0.39, 0.29) is 0 Å². The van der Waals surface area contributed by atoms with Gasteiger partial charge in [0.1, 0.15) is 0 Å². The maximum Gasteiger partial charge on any atom is 0.188 e. The lowest BCUT2D eigenvalue weighted by atomic mass is 10.4. The topological polar surface area (TPSA) is 50.4 Å². The molecule has 88 valence electrons. The van der Waals surface area contributed by atoms with Crippen LogP contribution in [0.5, 0.6) is 0 Å². The molecule has 1 rings (SSSR count). The first-order valence-electron chi connectivity index (χ1n) is 5.54. The Hall–Kier alpha value is -1.16. The van der Waals surface area contributed by atoms with Crippen molar-refractivity contribution in [1.29, 1.82) is 0 Å². The summed E-state index contributed by atoms with van der Waals surface area (Å²) in [5, 5.41) is 3.09. The lowest BCUT2D eigenvalue weighted by molar-refractivity contribution is 0.892. The van der Waals surface area contributed by atoms with Gasteiger partial charge in [0, 0.05) is 23.7 Å². The molecule has 1 aromatic carbocycles. The quantitative estimate of drug-likeness (QED) is 0.345. The number of nitrogens with one attached hydrogen (secondary N) is 1. The minimum absolute atomic E-state index is 0.551. The molecule has 0 aliphatic heterocycles. The van der Waals surface area contributed by atoms with E-state index in [0.717, 1.165) is 25.3 Å². The highest BCUT2D eigenvalue weighted by Crippen LogP contribution is 2.15.